The smallest absolute Gasteiger partial charge is 0.285 e. The zero-order chi connectivity index (χ0) is 17.7. The van der Waals surface area contributed by atoms with Crippen LogP contribution in [-0.2, 0) is 20.6 Å². The van der Waals surface area contributed by atoms with E-state index in [-0.39, 0.29) is 5.92 Å². The summed E-state index contributed by atoms with van der Waals surface area (Å²) >= 11 is 0. The summed E-state index contributed by atoms with van der Waals surface area (Å²) in [5.74, 6) is 0.317. The van der Waals surface area contributed by atoms with Crippen LogP contribution in [0, 0.1) is 5.92 Å². The number of hydrogen-bond acceptors (Lipinski definition) is 4. The van der Waals surface area contributed by atoms with Crippen LogP contribution in [0.3, 0.4) is 0 Å². The molecule has 0 aliphatic rings. The number of aryl methyl sites for hydroxylation is 1. The monoisotopic (exact) mass is 340 g/mol. The van der Waals surface area contributed by atoms with Crippen LogP contribution in [-0.4, -0.2) is 37.3 Å². The van der Waals surface area contributed by atoms with Crippen LogP contribution in [0.1, 0.15) is 70.5 Å². The number of H-pyrrole nitrogens is 1. The Morgan fingerprint density at radius 2 is 1.58 bits per heavy atom. The fraction of sp³-hybridized carbons (Fsp3) is 0.842. The molecular weight excluding hydrogens is 304 g/mol. The third kappa shape index (κ3) is 6.91. The van der Waals surface area contributed by atoms with Crippen molar-refractivity contribution in [2.45, 2.75) is 77.1 Å². The summed E-state index contributed by atoms with van der Waals surface area (Å²) in [5.41, 5.74) is 0. The maximum absolute atomic E-state index is 5.61. The fourth-order valence-corrected chi connectivity index (χ4v) is 3.37. The Hall–Kier alpha value is -0.910. The van der Waals surface area contributed by atoms with Gasteiger partial charge in [0.15, 0.2) is 0 Å². The summed E-state index contributed by atoms with van der Waals surface area (Å²) in [6.45, 7) is 2.25. The molecule has 5 heteroatoms. The Labute approximate surface area is 147 Å². The van der Waals surface area contributed by atoms with E-state index >= 15 is 0 Å². The molecular formula is C19H36N2O3. The number of nitrogens with zero attached hydrogens (tertiary/aromatic N) is 1. The Kier molecular flexibility index (Phi) is 11.0. The summed E-state index contributed by atoms with van der Waals surface area (Å²) in [6, 6.07) is 0. The molecule has 0 fully saturated rings. The van der Waals surface area contributed by atoms with Gasteiger partial charge in [-0.1, -0.05) is 45.4 Å². The first-order chi connectivity index (χ1) is 11.7. The van der Waals surface area contributed by atoms with E-state index in [2.05, 4.69) is 16.9 Å². The molecule has 1 aromatic heterocycles. The lowest BCUT2D eigenvalue weighted by molar-refractivity contribution is -0.380. The van der Waals surface area contributed by atoms with Gasteiger partial charge in [0.05, 0.1) is 0 Å². The molecule has 0 spiro atoms. The number of imidazole rings is 1. The number of methoxy groups -OCH3 is 3. The molecule has 5 nitrogen and oxygen atoms in total. The maximum atomic E-state index is 5.61. The molecule has 140 valence electrons. The van der Waals surface area contributed by atoms with E-state index < -0.39 is 5.97 Å². The highest BCUT2D eigenvalue weighted by atomic mass is 16.9. The summed E-state index contributed by atoms with van der Waals surface area (Å²) in [6.07, 6.45) is 15.4. The quantitative estimate of drug-likeness (QED) is 0.372. The van der Waals surface area contributed by atoms with Crippen LogP contribution in [0.15, 0.2) is 12.4 Å². The molecule has 0 aliphatic heterocycles. The Morgan fingerprint density at radius 3 is 2.17 bits per heavy atom. The highest BCUT2D eigenvalue weighted by molar-refractivity contribution is 4.87. The van der Waals surface area contributed by atoms with Gasteiger partial charge in [0, 0.05) is 46.1 Å². The van der Waals surface area contributed by atoms with Crippen molar-refractivity contribution < 1.29 is 14.2 Å². The average molecular weight is 341 g/mol. The topological polar surface area (TPSA) is 56.4 Å². The molecule has 0 saturated heterocycles. The van der Waals surface area contributed by atoms with Gasteiger partial charge in [-0.2, -0.15) is 0 Å². The molecule has 1 aromatic rings. The molecule has 0 saturated carbocycles. The van der Waals surface area contributed by atoms with Crippen molar-refractivity contribution in [1.29, 1.82) is 0 Å². The zero-order valence-electron chi connectivity index (χ0n) is 16.0. The van der Waals surface area contributed by atoms with E-state index in [0.717, 1.165) is 31.5 Å². The minimum atomic E-state index is -0.938. The van der Waals surface area contributed by atoms with Gasteiger partial charge in [0.1, 0.15) is 5.82 Å². The van der Waals surface area contributed by atoms with Crippen LogP contribution in [0.25, 0.3) is 0 Å². The Bertz CT molecular complexity index is 383. The summed E-state index contributed by atoms with van der Waals surface area (Å²) in [7, 11) is 4.98. The van der Waals surface area contributed by atoms with Crippen molar-refractivity contribution in [3.63, 3.8) is 0 Å². The average Bonchev–Trinajstić information content (AvgIpc) is 3.12. The molecule has 0 aliphatic carbocycles. The molecule has 1 unspecified atom stereocenters. The third-order valence-electron chi connectivity index (χ3n) is 4.78. The number of ether oxygens (including phenoxy) is 3. The van der Waals surface area contributed by atoms with Gasteiger partial charge in [0.2, 0.25) is 0 Å². The van der Waals surface area contributed by atoms with Gasteiger partial charge in [-0.3, -0.25) is 0 Å². The van der Waals surface area contributed by atoms with Crippen molar-refractivity contribution in [2.75, 3.05) is 21.3 Å². The van der Waals surface area contributed by atoms with E-state index in [4.69, 9.17) is 14.2 Å². The summed E-state index contributed by atoms with van der Waals surface area (Å²) in [4.78, 5) is 7.45. The van der Waals surface area contributed by atoms with Crippen molar-refractivity contribution in [1.82, 2.24) is 9.97 Å². The van der Waals surface area contributed by atoms with Gasteiger partial charge in [-0.25, -0.2) is 4.98 Å². The first-order valence-corrected chi connectivity index (χ1v) is 9.36. The maximum Gasteiger partial charge on any atom is 0.285 e. The largest absolute Gasteiger partial charge is 0.349 e. The number of hydrogen-bond donors (Lipinski definition) is 1. The minimum absolute atomic E-state index is 0.221. The second kappa shape index (κ2) is 12.5. The van der Waals surface area contributed by atoms with Crippen LogP contribution in [0.5, 0.6) is 0 Å². The SMILES string of the molecule is CCCCCCCCC(CCCc1ncc[nH]1)C(OC)(OC)OC. The van der Waals surface area contributed by atoms with E-state index in [1.165, 1.54) is 38.5 Å². The van der Waals surface area contributed by atoms with Crippen LogP contribution in [0.4, 0.5) is 0 Å². The normalized spacial score (nSPS) is 13.3. The first kappa shape index (κ1) is 21.1. The highest BCUT2D eigenvalue weighted by Gasteiger charge is 2.39. The van der Waals surface area contributed by atoms with E-state index in [9.17, 15) is 0 Å². The van der Waals surface area contributed by atoms with Crippen molar-refractivity contribution in [3.05, 3.63) is 18.2 Å². The number of aromatic amines is 1. The standard InChI is InChI=1S/C19H36N2O3/c1-5-6-7-8-9-10-12-17(19(22-2,23-3)24-4)13-11-14-18-20-15-16-21-18/h15-17H,5-14H2,1-4H3,(H,20,21). The molecule has 1 rings (SSSR count). The molecule has 0 amide bonds. The second-order valence-electron chi connectivity index (χ2n) is 6.40. The molecule has 24 heavy (non-hydrogen) atoms. The Balaban J connectivity index is 2.48. The number of nitrogens with one attached hydrogen (secondary N) is 1. The van der Waals surface area contributed by atoms with Crippen molar-refractivity contribution >= 4 is 0 Å². The van der Waals surface area contributed by atoms with Crippen LogP contribution >= 0.6 is 0 Å². The molecule has 1 heterocycles. The van der Waals surface area contributed by atoms with E-state index in [1.54, 1.807) is 27.5 Å². The van der Waals surface area contributed by atoms with Crippen LogP contribution in [0.2, 0.25) is 0 Å². The Morgan fingerprint density at radius 1 is 0.958 bits per heavy atom. The van der Waals surface area contributed by atoms with E-state index in [1.807, 2.05) is 6.20 Å². The van der Waals surface area contributed by atoms with Gasteiger partial charge >= 0.3 is 0 Å². The van der Waals surface area contributed by atoms with Gasteiger partial charge < -0.3 is 19.2 Å². The van der Waals surface area contributed by atoms with E-state index in [0.29, 0.717) is 0 Å². The van der Waals surface area contributed by atoms with Crippen LogP contribution < -0.4 is 0 Å². The molecule has 0 radical (unpaired) electrons. The predicted molar refractivity (Wildman–Crippen MR) is 96.8 cm³/mol. The summed E-state index contributed by atoms with van der Waals surface area (Å²) < 4.78 is 16.8. The predicted octanol–water partition coefficient (Wildman–Crippen LogP) is 4.69. The minimum Gasteiger partial charge on any atom is -0.349 e. The van der Waals surface area contributed by atoms with Gasteiger partial charge in [-0.15, -0.1) is 0 Å². The molecule has 1 atom stereocenters. The fourth-order valence-electron chi connectivity index (χ4n) is 3.37. The molecule has 0 bridgehead atoms. The lowest BCUT2D eigenvalue weighted by atomic mass is 9.92. The zero-order valence-corrected chi connectivity index (χ0v) is 16.0. The third-order valence-corrected chi connectivity index (χ3v) is 4.78. The summed E-state index contributed by atoms with van der Waals surface area (Å²) in [5, 5.41) is 0. The molecule has 1 N–H and O–H groups in total. The first-order valence-electron chi connectivity index (χ1n) is 9.36. The molecule has 0 aromatic carbocycles. The lowest BCUT2D eigenvalue weighted by Crippen LogP contribution is -2.44. The van der Waals surface area contributed by atoms with Crippen molar-refractivity contribution in [2.24, 2.45) is 5.92 Å². The number of rotatable bonds is 15. The highest BCUT2D eigenvalue weighted by Crippen LogP contribution is 2.32. The van der Waals surface area contributed by atoms with Gasteiger partial charge in [0.25, 0.3) is 5.97 Å². The lowest BCUT2D eigenvalue weighted by Gasteiger charge is -2.36. The number of aromatic nitrogens is 2. The van der Waals surface area contributed by atoms with Crippen molar-refractivity contribution in [3.8, 4) is 0 Å². The second-order valence-corrected chi connectivity index (χ2v) is 6.40. The van der Waals surface area contributed by atoms with Gasteiger partial charge in [-0.05, 0) is 19.3 Å². The number of unbranched alkanes of at least 4 members (excludes halogenated alkanes) is 5.